The van der Waals surface area contributed by atoms with Gasteiger partial charge >= 0.3 is 0 Å². The average Bonchev–Trinajstić information content (AvgIpc) is 2.82. The van der Waals surface area contributed by atoms with Gasteiger partial charge in [-0.2, -0.15) is 4.31 Å². The van der Waals surface area contributed by atoms with Crippen LogP contribution in [-0.2, 0) is 20.6 Å². The molecule has 25 heavy (non-hydrogen) atoms. The average molecular weight is 367 g/mol. The Bertz CT molecular complexity index is 684. The van der Waals surface area contributed by atoms with E-state index in [9.17, 15) is 13.2 Å². The third kappa shape index (κ3) is 5.28. The maximum absolute atomic E-state index is 12.8. The van der Waals surface area contributed by atoms with E-state index in [0.29, 0.717) is 32.6 Å². The Labute approximate surface area is 152 Å². The molecule has 1 heterocycles. The predicted molar refractivity (Wildman–Crippen MR) is 101 cm³/mol. The van der Waals surface area contributed by atoms with E-state index in [1.165, 1.54) is 0 Å². The molecule has 0 radical (unpaired) electrons. The standard InChI is InChI=1S/C19H30N2O3S/c1-4-18(5-2)19(22)20-10-7-11-21(13-12-20)25(23,24)15-17-9-6-8-16(3)14-17/h6,8-9,14,18H,4-5,7,10-13,15H2,1-3H3. The van der Waals surface area contributed by atoms with Crippen LogP contribution in [0, 0.1) is 12.8 Å². The van der Waals surface area contributed by atoms with Gasteiger partial charge in [0.15, 0.2) is 0 Å². The molecule has 0 aromatic heterocycles. The van der Waals surface area contributed by atoms with Crippen molar-refractivity contribution in [1.82, 2.24) is 9.21 Å². The molecule has 1 aromatic rings. The van der Waals surface area contributed by atoms with Crippen LogP contribution in [0.1, 0.15) is 44.2 Å². The van der Waals surface area contributed by atoms with Gasteiger partial charge in [-0.1, -0.05) is 43.7 Å². The largest absolute Gasteiger partial charge is 0.341 e. The zero-order valence-corrected chi connectivity index (χ0v) is 16.4. The fourth-order valence-corrected chi connectivity index (χ4v) is 4.94. The molecule has 2 rings (SSSR count). The fourth-order valence-electron chi connectivity index (χ4n) is 3.39. The van der Waals surface area contributed by atoms with E-state index < -0.39 is 10.0 Å². The van der Waals surface area contributed by atoms with E-state index in [-0.39, 0.29) is 17.6 Å². The number of sulfonamides is 1. The van der Waals surface area contributed by atoms with Crippen LogP contribution in [0.3, 0.4) is 0 Å². The van der Waals surface area contributed by atoms with Gasteiger partial charge in [0.2, 0.25) is 15.9 Å². The van der Waals surface area contributed by atoms with E-state index in [0.717, 1.165) is 24.0 Å². The molecule has 0 spiro atoms. The van der Waals surface area contributed by atoms with Crippen molar-refractivity contribution in [2.24, 2.45) is 5.92 Å². The highest BCUT2D eigenvalue weighted by Crippen LogP contribution is 2.17. The molecule has 0 saturated carbocycles. The van der Waals surface area contributed by atoms with Crippen LogP contribution in [-0.4, -0.2) is 49.7 Å². The zero-order chi connectivity index (χ0) is 18.4. The van der Waals surface area contributed by atoms with Gasteiger partial charge in [0.1, 0.15) is 0 Å². The van der Waals surface area contributed by atoms with Gasteiger partial charge in [-0.3, -0.25) is 4.79 Å². The Hall–Kier alpha value is -1.40. The number of carbonyl (C=O) groups is 1. The molecule has 0 aliphatic carbocycles. The summed E-state index contributed by atoms with van der Waals surface area (Å²) in [5.74, 6) is 0.244. The van der Waals surface area contributed by atoms with Gasteiger partial charge in [-0.05, 0) is 31.7 Å². The quantitative estimate of drug-likeness (QED) is 0.778. The van der Waals surface area contributed by atoms with Crippen molar-refractivity contribution in [1.29, 1.82) is 0 Å². The monoisotopic (exact) mass is 366 g/mol. The van der Waals surface area contributed by atoms with Crippen molar-refractivity contribution in [3.63, 3.8) is 0 Å². The highest BCUT2D eigenvalue weighted by molar-refractivity contribution is 7.88. The lowest BCUT2D eigenvalue weighted by Gasteiger charge is -2.25. The summed E-state index contributed by atoms with van der Waals surface area (Å²) in [7, 11) is -3.36. The summed E-state index contributed by atoms with van der Waals surface area (Å²) in [6, 6.07) is 7.62. The van der Waals surface area contributed by atoms with Crippen LogP contribution in [0.2, 0.25) is 0 Å². The minimum absolute atomic E-state index is 0.0230. The van der Waals surface area contributed by atoms with Crippen molar-refractivity contribution < 1.29 is 13.2 Å². The van der Waals surface area contributed by atoms with Crippen molar-refractivity contribution in [3.8, 4) is 0 Å². The second-order valence-electron chi connectivity index (χ2n) is 6.84. The number of amides is 1. The molecular weight excluding hydrogens is 336 g/mol. The van der Waals surface area contributed by atoms with Crippen molar-refractivity contribution in [3.05, 3.63) is 35.4 Å². The first-order valence-corrected chi connectivity index (χ1v) is 10.8. The molecule has 140 valence electrons. The van der Waals surface area contributed by atoms with Crippen molar-refractivity contribution >= 4 is 15.9 Å². The lowest BCUT2D eigenvalue weighted by atomic mass is 10.0. The molecule has 1 saturated heterocycles. The zero-order valence-electron chi connectivity index (χ0n) is 15.6. The molecule has 1 aliphatic rings. The number of carbonyl (C=O) groups excluding carboxylic acids is 1. The minimum Gasteiger partial charge on any atom is -0.341 e. The molecule has 1 aromatic carbocycles. The van der Waals surface area contributed by atoms with Crippen LogP contribution >= 0.6 is 0 Å². The van der Waals surface area contributed by atoms with Crippen LogP contribution in [0.25, 0.3) is 0 Å². The third-order valence-electron chi connectivity index (χ3n) is 4.93. The van der Waals surface area contributed by atoms with Crippen molar-refractivity contribution in [2.75, 3.05) is 26.2 Å². The Balaban J connectivity index is 2.03. The topological polar surface area (TPSA) is 57.7 Å². The molecule has 0 unspecified atom stereocenters. The lowest BCUT2D eigenvalue weighted by molar-refractivity contribution is -0.135. The summed E-state index contributed by atoms with van der Waals surface area (Å²) in [5, 5.41) is 0. The van der Waals surface area contributed by atoms with Gasteiger partial charge < -0.3 is 4.90 Å². The first-order chi connectivity index (χ1) is 11.9. The van der Waals surface area contributed by atoms with Gasteiger partial charge in [-0.25, -0.2) is 8.42 Å². The number of rotatable bonds is 6. The molecule has 0 atom stereocenters. The smallest absolute Gasteiger partial charge is 0.225 e. The second-order valence-corrected chi connectivity index (χ2v) is 8.81. The molecule has 1 fully saturated rings. The Kier molecular flexibility index (Phi) is 7.02. The second kappa shape index (κ2) is 8.81. The van der Waals surface area contributed by atoms with Gasteiger partial charge in [0, 0.05) is 32.1 Å². The van der Waals surface area contributed by atoms with Crippen LogP contribution in [0.4, 0.5) is 0 Å². The number of nitrogens with zero attached hydrogens (tertiary/aromatic N) is 2. The minimum atomic E-state index is -3.36. The maximum Gasteiger partial charge on any atom is 0.225 e. The van der Waals surface area contributed by atoms with Gasteiger partial charge in [0.25, 0.3) is 0 Å². The molecule has 1 aliphatic heterocycles. The van der Waals surface area contributed by atoms with E-state index >= 15 is 0 Å². The van der Waals surface area contributed by atoms with Gasteiger partial charge in [0.05, 0.1) is 5.75 Å². The van der Waals surface area contributed by atoms with Crippen LogP contribution in [0.15, 0.2) is 24.3 Å². The summed E-state index contributed by atoms with van der Waals surface area (Å²) < 4.78 is 27.1. The van der Waals surface area contributed by atoms with Crippen molar-refractivity contribution in [2.45, 2.75) is 45.8 Å². The SMILES string of the molecule is CCC(CC)C(=O)N1CCCN(S(=O)(=O)Cc2cccc(C)c2)CC1. The van der Waals surface area contributed by atoms with Crippen LogP contribution < -0.4 is 0 Å². The maximum atomic E-state index is 12.8. The summed E-state index contributed by atoms with van der Waals surface area (Å²) in [4.78, 5) is 14.4. The summed E-state index contributed by atoms with van der Waals surface area (Å²) in [5.41, 5.74) is 1.87. The first-order valence-electron chi connectivity index (χ1n) is 9.19. The van der Waals surface area contributed by atoms with E-state index in [2.05, 4.69) is 0 Å². The normalized spacial score (nSPS) is 16.9. The Morgan fingerprint density at radius 3 is 2.48 bits per heavy atom. The number of hydrogen-bond acceptors (Lipinski definition) is 3. The predicted octanol–water partition coefficient (Wildman–Crippen LogP) is 2.80. The van der Waals surface area contributed by atoms with E-state index in [1.54, 1.807) is 4.31 Å². The summed E-state index contributed by atoms with van der Waals surface area (Å²) >= 11 is 0. The van der Waals surface area contributed by atoms with Crippen LogP contribution in [0.5, 0.6) is 0 Å². The Morgan fingerprint density at radius 1 is 1.12 bits per heavy atom. The molecular formula is C19H30N2O3S. The number of aryl methyl sites for hydroxylation is 1. The number of hydrogen-bond donors (Lipinski definition) is 0. The molecule has 6 heteroatoms. The molecule has 0 bridgehead atoms. The highest BCUT2D eigenvalue weighted by atomic mass is 32.2. The van der Waals surface area contributed by atoms with E-state index in [1.807, 2.05) is 49.9 Å². The lowest BCUT2D eigenvalue weighted by Crippen LogP contribution is -2.40. The molecule has 5 nitrogen and oxygen atoms in total. The molecule has 0 N–H and O–H groups in total. The van der Waals surface area contributed by atoms with Gasteiger partial charge in [-0.15, -0.1) is 0 Å². The fraction of sp³-hybridized carbons (Fsp3) is 0.632. The number of benzene rings is 1. The highest BCUT2D eigenvalue weighted by Gasteiger charge is 2.28. The third-order valence-corrected chi connectivity index (χ3v) is 6.78. The summed E-state index contributed by atoms with van der Waals surface area (Å²) in [6.07, 6.45) is 2.36. The first kappa shape index (κ1) is 19.9. The Morgan fingerprint density at radius 2 is 1.84 bits per heavy atom. The molecule has 1 amide bonds. The van der Waals surface area contributed by atoms with E-state index in [4.69, 9.17) is 0 Å². The summed E-state index contributed by atoms with van der Waals surface area (Å²) in [6.45, 7) is 8.03.